The first-order valence-electron chi connectivity index (χ1n) is 7.92. The van der Waals surface area contributed by atoms with Crippen molar-refractivity contribution in [2.45, 2.75) is 51.7 Å². The molecule has 0 aromatic rings. The molecule has 0 saturated heterocycles. The highest BCUT2D eigenvalue weighted by atomic mass is 16.5. The van der Waals surface area contributed by atoms with E-state index < -0.39 is 6.10 Å². The van der Waals surface area contributed by atoms with Gasteiger partial charge in [0.05, 0.1) is 19.3 Å². The van der Waals surface area contributed by atoms with Gasteiger partial charge in [-0.15, -0.1) is 0 Å². The molecule has 4 atom stereocenters. The van der Waals surface area contributed by atoms with Gasteiger partial charge in [-0.25, -0.2) is 0 Å². The highest BCUT2D eigenvalue weighted by molar-refractivity contribution is 4.93. The van der Waals surface area contributed by atoms with Crippen LogP contribution in [0.3, 0.4) is 0 Å². The summed E-state index contributed by atoms with van der Waals surface area (Å²) in [6.45, 7) is 6.17. The lowest BCUT2D eigenvalue weighted by molar-refractivity contribution is 0.0116. The van der Waals surface area contributed by atoms with E-state index in [0.717, 1.165) is 32.3 Å². The summed E-state index contributed by atoms with van der Waals surface area (Å²) in [4.78, 5) is 0. The molecule has 0 heterocycles. The Bertz CT molecular complexity index is 270. The highest BCUT2D eigenvalue weighted by Gasteiger charge is 2.18. The van der Waals surface area contributed by atoms with Crippen LogP contribution in [0.4, 0.5) is 0 Å². The maximum Gasteiger partial charge on any atom is 0.0897 e. The Morgan fingerprint density at radius 1 is 1.35 bits per heavy atom. The van der Waals surface area contributed by atoms with E-state index in [1.54, 1.807) is 0 Å². The third kappa shape index (κ3) is 6.84. The minimum absolute atomic E-state index is 0.186. The van der Waals surface area contributed by atoms with E-state index in [1.165, 1.54) is 0 Å². The van der Waals surface area contributed by atoms with Gasteiger partial charge in [-0.05, 0) is 37.5 Å². The molecule has 0 fully saturated rings. The van der Waals surface area contributed by atoms with Crippen LogP contribution in [0.1, 0.15) is 39.5 Å². The second kappa shape index (κ2) is 10.3. The molecule has 4 unspecified atom stereocenters. The predicted molar refractivity (Wildman–Crippen MR) is 81.6 cm³/mol. The van der Waals surface area contributed by atoms with Crippen molar-refractivity contribution in [2.24, 2.45) is 11.8 Å². The van der Waals surface area contributed by atoms with E-state index in [2.05, 4.69) is 31.3 Å². The number of allylic oxidation sites excluding steroid dienone is 2. The first-order valence-corrected chi connectivity index (χ1v) is 7.92. The maximum absolute atomic E-state index is 9.89. The fourth-order valence-corrected chi connectivity index (χ4v) is 2.56. The Morgan fingerprint density at radius 2 is 2.10 bits per heavy atom. The van der Waals surface area contributed by atoms with Crippen LogP contribution in [0.15, 0.2) is 12.2 Å². The normalized spacial score (nSPS) is 25.6. The number of ether oxygens (including phenoxy) is 1. The van der Waals surface area contributed by atoms with Crippen molar-refractivity contribution in [3.05, 3.63) is 12.2 Å². The molecule has 1 aliphatic carbocycles. The topological polar surface area (TPSA) is 61.7 Å². The lowest BCUT2D eigenvalue weighted by Crippen LogP contribution is -2.38. The Kier molecular flexibility index (Phi) is 9.10. The van der Waals surface area contributed by atoms with Gasteiger partial charge in [-0.1, -0.05) is 26.0 Å². The summed E-state index contributed by atoms with van der Waals surface area (Å²) < 4.78 is 5.66. The van der Waals surface area contributed by atoms with Crippen molar-refractivity contribution in [1.29, 1.82) is 0 Å². The molecule has 0 bridgehead atoms. The number of hydrogen-bond acceptors (Lipinski definition) is 4. The van der Waals surface area contributed by atoms with Crippen LogP contribution in [0.25, 0.3) is 0 Å². The minimum Gasteiger partial charge on any atom is -0.396 e. The lowest BCUT2D eigenvalue weighted by Gasteiger charge is -2.25. The Morgan fingerprint density at radius 3 is 2.75 bits per heavy atom. The molecule has 0 amide bonds. The molecule has 20 heavy (non-hydrogen) atoms. The van der Waals surface area contributed by atoms with E-state index in [-0.39, 0.29) is 12.6 Å². The van der Waals surface area contributed by atoms with E-state index in [0.29, 0.717) is 25.0 Å². The summed E-state index contributed by atoms with van der Waals surface area (Å²) in [5.41, 5.74) is 0. The third-order valence-electron chi connectivity index (χ3n) is 4.17. The molecule has 0 radical (unpaired) electrons. The predicted octanol–water partition coefficient (Wildman–Crippen LogP) is 1.72. The van der Waals surface area contributed by atoms with Crippen LogP contribution in [0.5, 0.6) is 0 Å². The monoisotopic (exact) mass is 285 g/mol. The molecule has 4 nitrogen and oxygen atoms in total. The van der Waals surface area contributed by atoms with Crippen molar-refractivity contribution in [3.8, 4) is 0 Å². The van der Waals surface area contributed by atoms with E-state index >= 15 is 0 Å². The number of nitrogens with one attached hydrogen (secondary N) is 1. The second-order valence-electron chi connectivity index (χ2n) is 5.90. The molecule has 0 aromatic carbocycles. The van der Waals surface area contributed by atoms with E-state index in [9.17, 15) is 5.11 Å². The summed E-state index contributed by atoms with van der Waals surface area (Å²) in [5.74, 6) is 1.25. The maximum atomic E-state index is 9.89. The number of hydrogen-bond donors (Lipinski definition) is 3. The average Bonchev–Trinajstić information content (AvgIpc) is 2.45. The minimum atomic E-state index is -0.475. The molecule has 0 aromatic heterocycles. The van der Waals surface area contributed by atoms with Crippen LogP contribution < -0.4 is 5.32 Å². The zero-order chi connectivity index (χ0) is 14.8. The molecule has 0 spiro atoms. The molecule has 118 valence electrons. The zero-order valence-electron chi connectivity index (χ0n) is 12.9. The van der Waals surface area contributed by atoms with E-state index in [4.69, 9.17) is 9.84 Å². The quantitative estimate of drug-likeness (QED) is 0.535. The van der Waals surface area contributed by atoms with Crippen LogP contribution in [0, 0.1) is 11.8 Å². The summed E-state index contributed by atoms with van der Waals surface area (Å²) in [7, 11) is 0. The molecule has 0 saturated carbocycles. The SMILES string of the molecule is CCC(CCO)NCC(O)COCC1CC=CCC1C. The van der Waals surface area contributed by atoms with Gasteiger partial charge in [0.25, 0.3) is 0 Å². The largest absolute Gasteiger partial charge is 0.396 e. The molecule has 3 N–H and O–H groups in total. The first kappa shape index (κ1) is 17.6. The van der Waals surface area contributed by atoms with Crippen molar-refractivity contribution >= 4 is 0 Å². The number of aliphatic hydroxyl groups excluding tert-OH is 2. The zero-order valence-corrected chi connectivity index (χ0v) is 12.9. The summed E-state index contributed by atoms with van der Waals surface area (Å²) in [6, 6.07) is 0.276. The van der Waals surface area contributed by atoms with Crippen molar-refractivity contribution in [3.63, 3.8) is 0 Å². The molecular formula is C16H31NO3. The Labute approximate surface area is 123 Å². The average molecular weight is 285 g/mol. The van der Waals surface area contributed by atoms with Crippen LogP contribution in [0.2, 0.25) is 0 Å². The molecular weight excluding hydrogens is 254 g/mol. The third-order valence-corrected chi connectivity index (χ3v) is 4.17. The number of aliphatic hydroxyl groups is 2. The highest BCUT2D eigenvalue weighted by Crippen LogP contribution is 2.24. The van der Waals surface area contributed by atoms with Crippen LogP contribution in [-0.2, 0) is 4.74 Å². The lowest BCUT2D eigenvalue weighted by atomic mass is 9.85. The Hall–Kier alpha value is -0.420. The van der Waals surface area contributed by atoms with Gasteiger partial charge < -0.3 is 20.3 Å². The van der Waals surface area contributed by atoms with Gasteiger partial charge >= 0.3 is 0 Å². The fourth-order valence-electron chi connectivity index (χ4n) is 2.56. The van der Waals surface area contributed by atoms with Crippen molar-refractivity contribution in [1.82, 2.24) is 5.32 Å². The van der Waals surface area contributed by atoms with Crippen LogP contribution >= 0.6 is 0 Å². The van der Waals surface area contributed by atoms with Gasteiger partial charge in [-0.2, -0.15) is 0 Å². The van der Waals surface area contributed by atoms with Gasteiger partial charge in [0.2, 0.25) is 0 Å². The second-order valence-corrected chi connectivity index (χ2v) is 5.90. The van der Waals surface area contributed by atoms with Crippen molar-refractivity contribution in [2.75, 3.05) is 26.4 Å². The van der Waals surface area contributed by atoms with Gasteiger partial charge in [0.15, 0.2) is 0 Å². The molecule has 0 aliphatic heterocycles. The van der Waals surface area contributed by atoms with E-state index in [1.807, 2.05) is 0 Å². The van der Waals surface area contributed by atoms with Gasteiger partial charge in [0.1, 0.15) is 0 Å². The number of rotatable bonds is 10. The first-order chi connectivity index (χ1) is 9.67. The smallest absolute Gasteiger partial charge is 0.0897 e. The summed E-state index contributed by atoms with van der Waals surface area (Å²) >= 11 is 0. The molecule has 4 heteroatoms. The van der Waals surface area contributed by atoms with Gasteiger partial charge in [0, 0.05) is 19.2 Å². The van der Waals surface area contributed by atoms with Crippen LogP contribution in [-0.4, -0.2) is 48.7 Å². The Balaban J connectivity index is 2.10. The molecule has 1 aliphatic rings. The molecule has 1 rings (SSSR count). The van der Waals surface area contributed by atoms with Crippen molar-refractivity contribution < 1.29 is 14.9 Å². The fraction of sp³-hybridized carbons (Fsp3) is 0.875. The summed E-state index contributed by atoms with van der Waals surface area (Å²) in [5, 5.41) is 22.1. The summed E-state index contributed by atoms with van der Waals surface area (Å²) in [6.07, 6.45) is 7.91. The van der Waals surface area contributed by atoms with Gasteiger partial charge in [-0.3, -0.25) is 0 Å². The standard InChI is InChI=1S/C16H31NO3/c1-3-15(8-9-18)17-10-16(19)12-20-11-14-7-5-4-6-13(14)2/h4-5,13-19H,3,6-12H2,1-2H3.